The maximum absolute atomic E-state index is 12.2. The van der Waals surface area contributed by atoms with Gasteiger partial charge in [0.05, 0.1) is 26.4 Å². The van der Waals surface area contributed by atoms with E-state index in [1.165, 1.54) is 33.3 Å². The molecule has 0 aliphatic rings. The van der Waals surface area contributed by atoms with Gasteiger partial charge in [-0.05, 0) is 19.1 Å². The van der Waals surface area contributed by atoms with Crippen molar-refractivity contribution in [3.63, 3.8) is 0 Å². The Bertz CT molecular complexity index is 555. The Balaban J connectivity index is 3.08. The highest BCUT2D eigenvalue weighted by molar-refractivity contribution is 7.89. The predicted octanol–water partition coefficient (Wildman–Crippen LogP) is -0.275. The molecule has 114 valence electrons. The Morgan fingerprint density at radius 3 is 2.45 bits per heavy atom. The third-order valence-electron chi connectivity index (χ3n) is 2.64. The molecule has 0 aliphatic heterocycles. The Morgan fingerprint density at radius 2 is 1.95 bits per heavy atom. The van der Waals surface area contributed by atoms with Crippen molar-refractivity contribution in [1.82, 2.24) is 4.72 Å². The molecule has 1 aromatic rings. The lowest BCUT2D eigenvalue weighted by molar-refractivity contribution is 0.00680. The molecule has 3 N–H and O–H groups in total. The molecule has 1 rings (SSSR count). The summed E-state index contributed by atoms with van der Waals surface area (Å²) in [4.78, 5) is -0.104. The number of aliphatic hydroxyl groups excluding tert-OH is 1. The molecule has 1 aromatic carbocycles. The fourth-order valence-electron chi connectivity index (χ4n) is 1.38. The zero-order valence-electron chi connectivity index (χ0n) is 11.6. The summed E-state index contributed by atoms with van der Waals surface area (Å²) in [5.74, 6) is 0.516. The summed E-state index contributed by atoms with van der Waals surface area (Å²) in [6.07, 6.45) is 0. The van der Waals surface area contributed by atoms with Gasteiger partial charge in [0.15, 0.2) is 0 Å². The van der Waals surface area contributed by atoms with Crippen LogP contribution in [0.5, 0.6) is 11.5 Å². The first-order valence-electron chi connectivity index (χ1n) is 5.80. The second-order valence-electron chi connectivity index (χ2n) is 4.50. The maximum atomic E-state index is 12.2. The van der Waals surface area contributed by atoms with Crippen LogP contribution in [0.2, 0.25) is 0 Å². The average molecular weight is 305 g/mol. The zero-order valence-corrected chi connectivity index (χ0v) is 12.4. The first-order valence-corrected chi connectivity index (χ1v) is 7.29. The van der Waals surface area contributed by atoms with Gasteiger partial charge in [0.1, 0.15) is 16.4 Å². The summed E-state index contributed by atoms with van der Waals surface area (Å²) < 4.78 is 36.6. The molecule has 0 fully saturated rings. The van der Waals surface area contributed by atoms with Gasteiger partial charge < -0.3 is 19.7 Å². The van der Waals surface area contributed by atoms with Gasteiger partial charge in [-0.15, -0.1) is 0 Å². The van der Waals surface area contributed by atoms with E-state index < -0.39 is 22.2 Å². The lowest BCUT2D eigenvalue weighted by Gasteiger charge is -2.21. The number of methoxy groups -OCH3 is 2. The Labute approximate surface area is 118 Å². The molecule has 20 heavy (non-hydrogen) atoms. The fourth-order valence-corrected chi connectivity index (χ4v) is 2.72. The highest BCUT2D eigenvalue weighted by Gasteiger charge is 2.25. The average Bonchev–Trinajstić information content (AvgIpc) is 2.44. The number of nitrogens with one attached hydrogen (secondary N) is 1. The monoisotopic (exact) mass is 305 g/mol. The lowest BCUT2D eigenvalue weighted by Crippen LogP contribution is -2.43. The normalized spacial score (nSPS) is 14.7. The minimum Gasteiger partial charge on any atom is -0.497 e. The Kier molecular flexibility index (Phi) is 5.35. The van der Waals surface area contributed by atoms with Gasteiger partial charge in [0.25, 0.3) is 0 Å². The van der Waals surface area contributed by atoms with Crippen LogP contribution in [-0.4, -0.2) is 51.6 Å². The van der Waals surface area contributed by atoms with Gasteiger partial charge in [0.2, 0.25) is 10.0 Å². The van der Waals surface area contributed by atoms with Crippen molar-refractivity contribution in [3.8, 4) is 11.5 Å². The van der Waals surface area contributed by atoms with E-state index in [1.807, 2.05) is 0 Å². The van der Waals surface area contributed by atoms with Crippen molar-refractivity contribution >= 4 is 10.0 Å². The Morgan fingerprint density at radius 1 is 1.30 bits per heavy atom. The molecule has 0 saturated carbocycles. The summed E-state index contributed by atoms with van der Waals surface area (Å²) in [6.45, 7) is 0.426. The van der Waals surface area contributed by atoms with E-state index >= 15 is 0 Å². The van der Waals surface area contributed by atoms with Crippen molar-refractivity contribution in [2.45, 2.75) is 17.4 Å². The van der Waals surface area contributed by atoms with Crippen molar-refractivity contribution in [3.05, 3.63) is 18.2 Å². The number of sulfonamides is 1. The van der Waals surface area contributed by atoms with Gasteiger partial charge in [-0.1, -0.05) is 0 Å². The number of benzene rings is 1. The highest BCUT2D eigenvalue weighted by Crippen LogP contribution is 2.28. The molecular weight excluding hydrogens is 286 g/mol. The smallest absolute Gasteiger partial charge is 0.244 e. The number of hydrogen-bond donors (Lipinski definition) is 3. The first kappa shape index (κ1) is 16.7. The van der Waals surface area contributed by atoms with E-state index in [0.29, 0.717) is 5.75 Å². The van der Waals surface area contributed by atoms with Crippen molar-refractivity contribution < 1.29 is 28.1 Å². The van der Waals surface area contributed by atoms with E-state index in [4.69, 9.17) is 14.6 Å². The van der Waals surface area contributed by atoms with Crippen LogP contribution in [0.3, 0.4) is 0 Å². The molecule has 0 spiro atoms. The van der Waals surface area contributed by atoms with Gasteiger partial charge in [-0.3, -0.25) is 0 Å². The molecule has 0 aliphatic carbocycles. The second-order valence-corrected chi connectivity index (χ2v) is 6.23. The lowest BCUT2D eigenvalue weighted by atomic mass is 10.1. The molecule has 1 atom stereocenters. The van der Waals surface area contributed by atoms with Crippen LogP contribution in [0.4, 0.5) is 0 Å². The summed E-state index contributed by atoms with van der Waals surface area (Å²) >= 11 is 0. The molecule has 0 heterocycles. The number of ether oxygens (including phenoxy) is 2. The van der Waals surface area contributed by atoms with Crippen LogP contribution in [0.1, 0.15) is 6.92 Å². The van der Waals surface area contributed by atoms with Gasteiger partial charge >= 0.3 is 0 Å². The maximum Gasteiger partial charge on any atom is 0.244 e. The number of hydrogen-bond acceptors (Lipinski definition) is 6. The van der Waals surface area contributed by atoms with E-state index in [1.54, 1.807) is 6.07 Å². The van der Waals surface area contributed by atoms with E-state index in [0.717, 1.165) is 0 Å². The molecule has 0 bridgehead atoms. The summed E-state index contributed by atoms with van der Waals surface area (Å²) in [6, 6.07) is 4.36. The summed E-state index contributed by atoms with van der Waals surface area (Å²) in [5, 5.41) is 18.5. The SMILES string of the molecule is COc1ccc(OC)c(S(=O)(=O)NCC(C)(O)CO)c1. The third kappa shape index (κ3) is 4.07. The van der Waals surface area contributed by atoms with Crippen LogP contribution in [0.25, 0.3) is 0 Å². The predicted molar refractivity (Wildman–Crippen MR) is 72.4 cm³/mol. The second kappa shape index (κ2) is 6.40. The molecular formula is C12H19NO6S. The molecule has 0 saturated heterocycles. The third-order valence-corrected chi connectivity index (χ3v) is 4.07. The van der Waals surface area contributed by atoms with Crippen molar-refractivity contribution in [1.29, 1.82) is 0 Å². The highest BCUT2D eigenvalue weighted by atomic mass is 32.2. The molecule has 0 amide bonds. The Hall–Kier alpha value is -1.35. The molecule has 8 heteroatoms. The van der Waals surface area contributed by atoms with Crippen LogP contribution in [0, 0.1) is 0 Å². The van der Waals surface area contributed by atoms with Gasteiger partial charge in [-0.25, -0.2) is 13.1 Å². The van der Waals surface area contributed by atoms with Crippen LogP contribution < -0.4 is 14.2 Å². The standard InChI is InChI=1S/C12H19NO6S/c1-12(15,8-14)7-13-20(16,17)11-6-9(18-2)4-5-10(11)19-3/h4-6,13-15H,7-8H2,1-3H3. The number of rotatable bonds is 7. The molecule has 1 unspecified atom stereocenters. The van der Waals surface area contributed by atoms with Crippen LogP contribution in [0.15, 0.2) is 23.1 Å². The topological polar surface area (TPSA) is 105 Å². The molecule has 7 nitrogen and oxygen atoms in total. The molecule has 0 radical (unpaired) electrons. The van der Waals surface area contributed by atoms with E-state index in [2.05, 4.69) is 4.72 Å². The number of aliphatic hydroxyl groups is 2. The van der Waals surface area contributed by atoms with Crippen LogP contribution in [-0.2, 0) is 10.0 Å². The zero-order chi connectivity index (χ0) is 15.4. The van der Waals surface area contributed by atoms with Crippen molar-refractivity contribution in [2.75, 3.05) is 27.4 Å². The van der Waals surface area contributed by atoms with Gasteiger partial charge in [0, 0.05) is 12.6 Å². The molecule has 0 aromatic heterocycles. The fraction of sp³-hybridized carbons (Fsp3) is 0.500. The van der Waals surface area contributed by atoms with E-state index in [-0.39, 0.29) is 17.2 Å². The largest absolute Gasteiger partial charge is 0.497 e. The van der Waals surface area contributed by atoms with Crippen molar-refractivity contribution in [2.24, 2.45) is 0 Å². The van der Waals surface area contributed by atoms with E-state index in [9.17, 15) is 13.5 Å². The minimum atomic E-state index is -3.91. The summed E-state index contributed by atoms with van der Waals surface area (Å²) in [5.41, 5.74) is -1.54. The van der Waals surface area contributed by atoms with Crippen LogP contribution >= 0.6 is 0 Å². The summed E-state index contributed by atoms with van der Waals surface area (Å²) in [7, 11) is -1.13. The minimum absolute atomic E-state index is 0.104. The quantitative estimate of drug-likeness (QED) is 0.640. The first-order chi connectivity index (χ1) is 9.25. The van der Waals surface area contributed by atoms with Gasteiger partial charge in [-0.2, -0.15) is 0 Å².